The first-order chi connectivity index (χ1) is 7.41. The number of rotatable bonds is 7. The summed E-state index contributed by atoms with van der Waals surface area (Å²) in [6.45, 7) is 8.98. The summed E-state index contributed by atoms with van der Waals surface area (Å²) < 4.78 is 0. The zero-order valence-corrected chi connectivity index (χ0v) is 10.9. The van der Waals surface area contributed by atoms with Crippen LogP contribution in [0.15, 0.2) is 0 Å². The highest BCUT2D eigenvalue weighted by Gasteiger charge is 2.32. The van der Waals surface area contributed by atoms with E-state index in [2.05, 4.69) is 13.8 Å². The molecule has 0 fully saturated rings. The number of aliphatic hydroxyl groups is 1. The Morgan fingerprint density at radius 3 is 2.31 bits per heavy atom. The first kappa shape index (κ1) is 15.2. The molecular weight excluding hydrogens is 206 g/mol. The van der Waals surface area contributed by atoms with Crippen molar-refractivity contribution in [3.63, 3.8) is 0 Å². The van der Waals surface area contributed by atoms with E-state index in [0.717, 1.165) is 12.8 Å². The van der Waals surface area contributed by atoms with Crippen molar-refractivity contribution in [1.82, 2.24) is 4.90 Å². The van der Waals surface area contributed by atoms with Crippen molar-refractivity contribution in [2.45, 2.75) is 40.5 Å². The van der Waals surface area contributed by atoms with Crippen LogP contribution in [-0.4, -0.2) is 40.9 Å². The second kappa shape index (κ2) is 6.74. The van der Waals surface area contributed by atoms with Gasteiger partial charge in [-0.25, -0.2) is 4.79 Å². The molecule has 4 heteroatoms. The molecular formula is C12H25NO3. The van der Waals surface area contributed by atoms with Crippen molar-refractivity contribution in [2.75, 3.05) is 19.7 Å². The summed E-state index contributed by atoms with van der Waals surface area (Å²) in [5.74, 6) is 0.302. The van der Waals surface area contributed by atoms with E-state index in [-0.39, 0.29) is 12.0 Å². The maximum Gasteiger partial charge on any atom is 0.407 e. The molecule has 0 spiro atoms. The second-order valence-corrected chi connectivity index (χ2v) is 4.83. The summed E-state index contributed by atoms with van der Waals surface area (Å²) in [5.41, 5.74) is -0.345. The van der Waals surface area contributed by atoms with Crippen molar-refractivity contribution in [1.29, 1.82) is 0 Å². The van der Waals surface area contributed by atoms with Gasteiger partial charge in [-0.3, -0.25) is 0 Å². The fourth-order valence-corrected chi connectivity index (χ4v) is 1.80. The number of amides is 1. The zero-order chi connectivity index (χ0) is 12.8. The van der Waals surface area contributed by atoms with Crippen LogP contribution in [0.1, 0.15) is 40.5 Å². The second-order valence-electron chi connectivity index (χ2n) is 4.83. The van der Waals surface area contributed by atoms with Gasteiger partial charge < -0.3 is 15.1 Å². The Morgan fingerprint density at radius 2 is 2.00 bits per heavy atom. The van der Waals surface area contributed by atoms with E-state index < -0.39 is 6.09 Å². The van der Waals surface area contributed by atoms with E-state index in [1.54, 1.807) is 0 Å². The van der Waals surface area contributed by atoms with Crippen LogP contribution in [0.3, 0.4) is 0 Å². The smallest absolute Gasteiger partial charge is 0.407 e. The summed E-state index contributed by atoms with van der Waals surface area (Å²) in [6.07, 6.45) is 0.843. The average Bonchev–Trinajstić information content (AvgIpc) is 2.26. The van der Waals surface area contributed by atoms with Crippen molar-refractivity contribution in [2.24, 2.45) is 11.3 Å². The fourth-order valence-electron chi connectivity index (χ4n) is 1.80. The van der Waals surface area contributed by atoms with Crippen LogP contribution in [0.4, 0.5) is 4.79 Å². The Bertz CT molecular complexity index is 220. The number of carboxylic acid groups (broad SMARTS) is 1. The first-order valence-corrected chi connectivity index (χ1v) is 6.00. The quantitative estimate of drug-likeness (QED) is 0.707. The molecule has 0 rings (SSSR count). The standard InChI is InChI=1S/C12H25NO3/c1-5-7-13(11(15)16)8-12(4,9-14)10(3)6-2/h10,14H,5-9H2,1-4H3,(H,15,16). The van der Waals surface area contributed by atoms with Crippen LogP contribution >= 0.6 is 0 Å². The molecule has 96 valence electrons. The Hall–Kier alpha value is -0.770. The third kappa shape index (κ3) is 4.00. The molecule has 0 aliphatic rings. The maximum absolute atomic E-state index is 11.0. The lowest BCUT2D eigenvalue weighted by atomic mass is 9.77. The molecule has 2 N–H and O–H groups in total. The van der Waals surface area contributed by atoms with E-state index in [4.69, 9.17) is 5.11 Å². The first-order valence-electron chi connectivity index (χ1n) is 6.00. The zero-order valence-electron chi connectivity index (χ0n) is 10.9. The summed E-state index contributed by atoms with van der Waals surface area (Å²) in [4.78, 5) is 12.4. The molecule has 4 nitrogen and oxygen atoms in total. The number of aliphatic hydroxyl groups excluding tert-OH is 1. The van der Waals surface area contributed by atoms with Crippen molar-refractivity contribution in [3.05, 3.63) is 0 Å². The summed E-state index contributed by atoms with van der Waals surface area (Å²) in [7, 11) is 0. The third-order valence-corrected chi connectivity index (χ3v) is 3.48. The highest BCUT2D eigenvalue weighted by Crippen LogP contribution is 2.30. The fraction of sp³-hybridized carbons (Fsp3) is 0.917. The van der Waals surface area contributed by atoms with Gasteiger partial charge in [-0.15, -0.1) is 0 Å². The van der Waals surface area contributed by atoms with Gasteiger partial charge in [0.25, 0.3) is 0 Å². The Balaban J connectivity index is 4.65. The molecule has 16 heavy (non-hydrogen) atoms. The van der Waals surface area contributed by atoms with Gasteiger partial charge in [0.2, 0.25) is 0 Å². The van der Waals surface area contributed by atoms with E-state index >= 15 is 0 Å². The highest BCUT2D eigenvalue weighted by molar-refractivity contribution is 5.64. The maximum atomic E-state index is 11.0. The summed E-state index contributed by atoms with van der Waals surface area (Å²) >= 11 is 0. The van der Waals surface area contributed by atoms with Crippen molar-refractivity contribution in [3.8, 4) is 0 Å². The topological polar surface area (TPSA) is 60.8 Å². The van der Waals surface area contributed by atoms with Gasteiger partial charge in [-0.2, -0.15) is 0 Å². The SMILES string of the molecule is CCCN(CC(C)(CO)C(C)CC)C(=O)O. The van der Waals surface area contributed by atoms with Gasteiger partial charge in [0.15, 0.2) is 0 Å². The van der Waals surface area contributed by atoms with Crippen LogP contribution in [0.25, 0.3) is 0 Å². The minimum atomic E-state index is -0.898. The van der Waals surface area contributed by atoms with Crippen LogP contribution in [0, 0.1) is 11.3 Å². The molecule has 2 unspecified atom stereocenters. The number of carbonyl (C=O) groups is 1. The van der Waals surface area contributed by atoms with Crippen molar-refractivity contribution >= 4 is 6.09 Å². The predicted molar refractivity (Wildman–Crippen MR) is 64.5 cm³/mol. The number of nitrogens with zero attached hydrogens (tertiary/aromatic N) is 1. The predicted octanol–water partition coefficient (Wildman–Crippen LogP) is 2.42. The molecule has 0 aliphatic heterocycles. The minimum absolute atomic E-state index is 0.0233. The lowest BCUT2D eigenvalue weighted by molar-refractivity contribution is 0.0421. The van der Waals surface area contributed by atoms with Gasteiger partial charge >= 0.3 is 6.09 Å². The van der Waals surface area contributed by atoms with Gasteiger partial charge in [0.1, 0.15) is 0 Å². The lowest BCUT2D eigenvalue weighted by Crippen LogP contribution is -2.44. The molecule has 0 radical (unpaired) electrons. The molecule has 0 aromatic heterocycles. The molecule has 0 aromatic rings. The van der Waals surface area contributed by atoms with E-state index in [1.807, 2.05) is 13.8 Å². The molecule has 0 aliphatic carbocycles. The Morgan fingerprint density at radius 1 is 1.44 bits per heavy atom. The van der Waals surface area contributed by atoms with Crippen LogP contribution in [0.5, 0.6) is 0 Å². The molecule has 0 heterocycles. The summed E-state index contributed by atoms with van der Waals surface area (Å²) in [6, 6.07) is 0. The Kier molecular flexibility index (Phi) is 6.41. The number of hydrogen-bond donors (Lipinski definition) is 2. The summed E-state index contributed by atoms with van der Waals surface area (Å²) in [5, 5.41) is 18.5. The monoisotopic (exact) mass is 231 g/mol. The van der Waals surface area contributed by atoms with E-state index in [0.29, 0.717) is 19.0 Å². The van der Waals surface area contributed by atoms with Gasteiger partial charge in [-0.05, 0) is 12.3 Å². The van der Waals surface area contributed by atoms with Gasteiger partial charge in [0, 0.05) is 18.5 Å². The normalized spacial score (nSPS) is 16.6. The van der Waals surface area contributed by atoms with E-state index in [9.17, 15) is 9.90 Å². The average molecular weight is 231 g/mol. The van der Waals surface area contributed by atoms with Gasteiger partial charge in [0.05, 0.1) is 6.61 Å². The van der Waals surface area contributed by atoms with E-state index in [1.165, 1.54) is 4.90 Å². The molecule has 0 saturated heterocycles. The highest BCUT2D eigenvalue weighted by atomic mass is 16.4. The molecule has 0 aromatic carbocycles. The van der Waals surface area contributed by atoms with Crippen molar-refractivity contribution < 1.29 is 15.0 Å². The van der Waals surface area contributed by atoms with Crippen LogP contribution in [-0.2, 0) is 0 Å². The molecule has 2 atom stereocenters. The van der Waals surface area contributed by atoms with Crippen LogP contribution < -0.4 is 0 Å². The third-order valence-electron chi connectivity index (χ3n) is 3.48. The Labute approximate surface area is 98.3 Å². The van der Waals surface area contributed by atoms with Crippen LogP contribution in [0.2, 0.25) is 0 Å². The molecule has 0 bridgehead atoms. The largest absolute Gasteiger partial charge is 0.465 e. The molecule has 0 saturated carbocycles. The number of hydrogen-bond acceptors (Lipinski definition) is 2. The van der Waals surface area contributed by atoms with Gasteiger partial charge in [-0.1, -0.05) is 34.1 Å². The lowest BCUT2D eigenvalue weighted by Gasteiger charge is -2.37. The minimum Gasteiger partial charge on any atom is -0.465 e. The molecule has 1 amide bonds.